The molecule has 0 aliphatic carbocycles. The molecular weight excluding hydrogens is 248 g/mol. The molecule has 2 aromatic carbocycles. The minimum atomic E-state index is -0.430. The quantitative estimate of drug-likeness (QED) is 0.473. The Bertz CT molecular complexity index is 562. The van der Waals surface area contributed by atoms with Gasteiger partial charge in [-0.25, -0.2) is 4.79 Å². The predicted molar refractivity (Wildman–Crippen MR) is 72.6 cm³/mol. The average Bonchev–Trinajstić information content (AvgIpc) is 2.38. The maximum Gasteiger partial charge on any atom is 0.336 e. The Balaban J connectivity index is 1.99. The van der Waals surface area contributed by atoms with Crippen LogP contribution in [-0.4, -0.2) is 5.97 Å². The molecule has 3 heteroatoms. The highest BCUT2D eigenvalue weighted by molar-refractivity contribution is 6.30. The summed E-state index contributed by atoms with van der Waals surface area (Å²) >= 11 is 5.79. The van der Waals surface area contributed by atoms with Gasteiger partial charge in [0.15, 0.2) is 0 Å². The second-order valence-electron chi connectivity index (χ2n) is 3.62. The molecule has 0 atom stereocenters. The lowest BCUT2D eigenvalue weighted by molar-refractivity contribution is -0.128. The highest BCUT2D eigenvalue weighted by Gasteiger charge is 2.00. The summed E-state index contributed by atoms with van der Waals surface area (Å²) in [6, 6.07) is 16.3. The molecule has 0 aliphatic heterocycles. The molecule has 0 fully saturated rings. The molecule has 2 aromatic rings. The lowest BCUT2D eigenvalue weighted by Crippen LogP contribution is -2.03. The summed E-state index contributed by atoms with van der Waals surface area (Å²) in [6.45, 7) is 0. The van der Waals surface area contributed by atoms with Crippen molar-refractivity contribution >= 4 is 23.6 Å². The van der Waals surface area contributed by atoms with E-state index in [4.69, 9.17) is 16.3 Å². The molecule has 0 unspecified atom stereocenters. The molecule has 0 radical (unpaired) electrons. The zero-order valence-corrected chi connectivity index (χ0v) is 10.3. The highest BCUT2D eigenvalue weighted by Crippen LogP contribution is 2.17. The Kier molecular flexibility index (Phi) is 4.15. The second-order valence-corrected chi connectivity index (χ2v) is 4.06. The first-order chi connectivity index (χ1) is 8.74. The van der Waals surface area contributed by atoms with Crippen LogP contribution in [0.25, 0.3) is 6.08 Å². The molecular formula is C15H11ClO2. The van der Waals surface area contributed by atoms with E-state index < -0.39 is 5.97 Å². The molecule has 0 aromatic heterocycles. The van der Waals surface area contributed by atoms with Gasteiger partial charge in [-0.1, -0.05) is 48.0 Å². The van der Waals surface area contributed by atoms with Gasteiger partial charge in [0.05, 0.1) is 0 Å². The van der Waals surface area contributed by atoms with Crippen molar-refractivity contribution in [2.45, 2.75) is 0 Å². The van der Waals surface area contributed by atoms with Gasteiger partial charge in [-0.3, -0.25) is 0 Å². The maximum absolute atomic E-state index is 11.5. The van der Waals surface area contributed by atoms with Crippen molar-refractivity contribution < 1.29 is 9.53 Å². The summed E-state index contributed by atoms with van der Waals surface area (Å²) in [5.41, 5.74) is 0.945. The first-order valence-corrected chi connectivity index (χ1v) is 5.82. The normalized spacial score (nSPS) is 10.5. The van der Waals surface area contributed by atoms with Gasteiger partial charge in [0.2, 0.25) is 0 Å². The third-order valence-electron chi connectivity index (χ3n) is 2.23. The standard InChI is InChI=1S/C15H11ClO2/c16-13-7-4-8-14(11-13)18-15(17)10-9-12-5-2-1-3-6-12/h1-11H/b10-9+. The zero-order valence-electron chi connectivity index (χ0n) is 9.55. The van der Waals surface area contributed by atoms with Crippen molar-refractivity contribution in [2.75, 3.05) is 0 Å². The van der Waals surface area contributed by atoms with Crippen LogP contribution in [0, 0.1) is 0 Å². The SMILES string of the molecule is O=C(/C=C/c1ccccc1)Oc1cccc(Cl)c1. The van der Waals surface area contributed by atoms with E-state index >= 15 is 0 Å². The van der Waals surface area contributed by atoms with Crippen LogP contribution in [-0.2, 0) is 4.79 Å². The van der Waals surface area contributed by atoms with Crippen molar-refractivity contribution in [3.63, 3.8) is 0 Å². The zero-order chi connectivity index (χ0) is 12.8. The minimum absolute atomic E-state index is 0.430. The fraction of sp³-hybridized carbons (Fsp3) is 0. The summed E-state index contributed by atoms with van der Waals surface area (Å²) in [7, 11) is 0. The maximum atomic E-state index is 11.5. The van der Waals surface area contributed by atoms with E-state index in [-0.39, 0.29) is 0 Å². The average molecular weight is 259 g/mol. The molecule has 0 heterocycles. The molecule has 0 N–H and O–H groups in total. The molecule has 90 valence electrons. The number of rotatable bonds is 3. The number of ether oxygens (including phenoxy) is 1. The number of hydrogen-bond acceptors (Lipinski definition) is 2. The van der Waals surface area contributed by atoms with Gasteiger partial charge in [-0.2, -0.15) is 0 Å². The summed E-state index contributed by atoms with van der Waals surface area (Å²) < 4.78 is 5.11. The van der Waals surface area contributed by atoms with Gasteiger partial charge in [-0.15, -0.1) is 0 Å². The van der Waals surface area contributed by atoms with Crippen molar-refractivity contribution in [3.05, 3.63) is 71.3 Å². The fourth-order valence-electron chi connectivity index (χ4n) is 1.41. The number of halogens is 1. The van der Waals surface area contributed by atoms with E-state index in [1.165, 1.54) is 6.08 Å². The van der Waals surface area contributed by atoms with Crippen molar-refractivity contribution in [3.8, 4) is 5.75 Å². The Morgan fingerprint density at radius 1 is 1.06 bits per heavy atom. The van der Waals surface area contributed by atoms with Crippen molar-refractivity contribution in [1.82, 2.24) is 0 Å². The van der Waals surface area contributed by atoms with Crippen LogP contribution in [0.4, 0.5) is 0 Å². The van der Waals surface area contributed by atoms with Gasteiger partial charge >= 0.3 is 5.97 Å². The molecule has 0 saturated carbocycles. The number of hydrogen-bond donors (Lipinski definition) is 0. The molecule has 0 spiro atoms. The Morgan fingerprint density at radius 3 is 2.56 bits per heavy atom. The van der Waals surface area contributed by atoms with Crippen LogP contribution in [0.15, 0.2) is 60.7 Å². The summed E-state index contributed by atoms with van der Waals surface area (Å²) in [5.74, 6) is 0.00586. The van der Waals surface area contributed by atoms with Gasteiger partial charge < -0.3 is 4.74 Å². The van der Waals surface area contributed by atoms with Crippen LogP contribution in [0.5, 0.6) is 5.75 Å². The topological polar surface area (TPSA) is 26.3 Å². The van der Waals surface area contributed by atoms with E-state index in [9.17, 15) is 4.79 Å². The predicted octanol–water partition coefficient (Wildman–Crippen LogP) is 3.96. The monoisotopic (exact) mass is 258 g/mol. The smallest absolute Gasteiger partial charge is 0.336 e. The van der Waals surface area contributed by atoms with Crippen LogP contribution in [0.2, 0.25) is 5.02 Å². The van der Waals surface area contributed by atoms with E-state index in [0.29, 0.717) is 10.8 Å². The van der Waals surface area contributed by atoms with Gasteiger partial charge in [0.1, 0.15) is 5.75 Å². The Morgan fingerprint density at radius 2 is 1.83 bits per heavy atom. The Labute approximate surface area is 110 Å². The summed E-state index contributed by atoms with van der Waals surface area (Å²) in [6.07, 6.45) is 3.09. The number of esters is 1. The molecule has 2 rings (SSSR count). The van der Waals surface area contributed by atoms with Gasteiger partial charge in [0, 0.05) is 11.1 Å². The van der Waals surface area contributed by atoms with Crippen LogP contribution < -0.4 is 4.74 Å². The second kappa shape index (κ2) is 6.03. The van der Waals surface area contributed by atoms with E-state index in [0.717, 1.165) is 5.56 Å². The van der Waals surface area contributed by atoms with Crippen LogP contribution >= 0.6 is 11.6 Å². The molecule has 0 amide bonds. The lowest BCUT2D eigenvalue weighted by Gasteiger charge is -2.00. The number of benzene rings is 2. The molecule has 0 aliphatic rings. The van der Waals surface area contributed by atoms with E-state index in [1.54, 1.807) is 30.3 Å². The van der Waals surface area contributed by atoms with Crippen LogP contribution in [0.1, 0.15) is 5.56 Å². The Hall–Kier alpha value is -2.06. The first-order valence-electron chi connectivity index (χ1n) is 5.44. The van der Waals surface area contributed by atoms with E-state index in [1.807, 2.05) is 30.3 Å². The first kappa shape index (κ1) is 12.4. The van der Waals surface area contributed by atoms with Gasteiger partial charge in [-0.05, 0) is 29.8 Å². The van der Waals surface area contributed by atoms with Gasteiger partial charge in [0.25, 0.3) is 0 Å². The third kappa shape index (κ3) is 3.75. The lowest BCUT2D eigenvalue weighted by atomic mass is 10.2. The summed E-state index contributed by atoms with van der Waals surface area (Å²) in [5, 5.41) is 0.535. The molecule has 0 saturated heterocycles. The minimum Gasteiger partial charge on any atom is -0.423 e. The summed E-state index contributed by atoms with van der Waals surface area (Å²) in [4.78, 5) is 11.5. The number of carbonyl (C=O) groups excluding carboxylic acids is 1. The fourth-order valence-corrected chi connectivity index (χ4v) is 1.59. The largest absolute Gasteiger partial charge is 0.423 e. The molecule has 18 heavy (non-hydrogen) atoms. The van der Waals surface area contributed by atoms with Crippen molar-refractivity contribution in [2.24, 2.45) is 0 Å². The highest BCUT2D eigenvalue weighted by atomic mass is 35.5. The van der Waals surface area contributed by atoms with Crippen LogP contribution in [0.3, 0.4) is 0 Å². The van der Waals surface area contributed by atoms with E-state index in [2.05, 4.69) is 0 Å². The molecule has 0 bridgehead atoms. The third-order valence-corrected chi connectivity index (χ3v) is 2.46. The number of carbonyl (C=O) groups is 1. The van der Waals surface area contributed by atoms with Crippen molar-refractivity contribution in [1.29, 1.82) is 0 Å². The molecule has 2 nitrogen and oxygen atoms in total.